The van der Waals surface area contributed by atoms with Gasteiger partial charge in [0.05, 0.1) is 0 Å². The van der Waals surface area contributed by atoms with E-state index in [1.807, 2.05) is 0 Å². The number of hydrogen-bond donors (Lipinski definition) is 1. The van der Waals surface area contributed by atoms with Crippen molar-refractivity contribution in [1.29, 1.82) is 0 Å². The Bertz CT molecular complexity index is 671. The maximum atomic E-state index is 12.8. The van der Waals surface area contributed by atoms with Crippen molar-refractivity contribution in [2.75, 3.05) is 6.54 Å². The summed E-state index contributed by atoms with van der Waals surface area (Å²) in [5, 5.41) is 0. The van der Waals surface area contributed by atoms with E-state index in [9.17, 15) is 39.5 Å². The van der Waals surface area contributed by atoms with Crippen molar-refractivity contribution in [3.63, 3.8) is 0 Å². The van der Waals surface area contributed by atoms with Crippen LogP contribution in [-0.4, -0.2) is 25.6 Å². The van der Waals surface area contributed by atoms with E-state index in [2.05, 4.69) is 14.2 Å². The van der Waals surface area contributed by atoms with Gasteiger partial charge in [0.2, 0.25) is 0 Å². The molecule has 0 aliphatic rings. The van der Waals surface area contributed by atoms with Gasteiger partial charge in [0.25, 0.3) is 0 Å². The summed E-state index contributed by atoms with van der Waals surface area (Å²) in [6.45, 7) is 3.37. The normalized spacial score (nSPS) is 15.0. The molecule has 1 rings (SSSR count). The summed E-state index contributed by atoms with van der Waals surface area (Å²) in [7, 11) is 0. The van der Waals surface area contributed by atoms with Gasteiger partial charge in [0.15, 0.2) is 11.5 Å². The first kappa shape index (κ1) is 25.0. The van der Waals surface area contributed by atoms with E-state index in [0.29, 0.717) is 6.07 Å². The molecule has 2 N–H and O–H groups in total. The van der Waals surface area contributed by atoms with Crippen LogP contribution < -0.4 is 19.9 Å². The minimum Gasteiger partial charge on any atom is -0.405 e. The molecule has 2 unspecified atom stereocenters. The summed E-state index contributed by atoms with van der Waals surface area (Å²) in [6.07, 6.45) is -16.4. The highest BCUT2D eigenvalue weighted by Crippen LogP contribution is 2.45. The maximum absolute atomic E-state index is 12.8. The van der Waals surface area contributed by atoms with Crippen molar-refractivity contribution in [2.45, 2.75) is 45.8 Å². The zero-order valence-corrected chi connectivity index (χ0v) is 15.1. The van der Waals surface area contributed by atoms with Crippen molar-refractivity contribution in [2.24, 2.45) is 17.6 Å². The lowest BCUT2D eigenvalue weighted by Gasteiger charge is -2.23. The van der Waals surface area contributed by atoms with Crippen molar-refractivity contribution in [3.05, 3.63) is 17.7 Å². The Kier molecular flexibility index (Phi) is 7.91. The zero-order valence-electron chi connectivity index (χ0n) is 15.1. The fourth-order valence-corrected chi connectivity index (χ4v) is 2.65. The number of ether oxygens (including phenoxy) is 3. The summed E-state index contributed by atoms with van der Waals surface area (Å²) in [5.74, 6) is -4.83. The summed E-state index contributed by atoms with van der Waals surface area (Å²) in [4.78, 5) is 0. The molecule has 168 valence electrons. The lowest BCUT2D eigenvalue weighted by atomic mass is 9.91. The van der Waals surface area contributed by atoms with Crippen LogP contribution in [0.1, 0.15) is 25.8 Å². The Labute approximate surface area is 159 Å². The predicted molar refractivity (Wildman–Crippen MR) is 82.2 cm³/mol. The second-order valence-corrected chi connectivity index (χ2v) is 6.40. The first-order valence-electron chi connectivity index (χ1n) is 8.14. The van der Waals surface area contributed by atoms with Crippen molar-refractivity contribution in [3.8, 4) is 17.2 Å². The van der Waals surface area contributed by atoms with E-state index >= 15 is 0 Å². The van der Waals surface area contributed by atoms with Crippen LogP contribution in [0.4, 0.5) is 39.5 Å². The smallest absolute Gasteiger partial charge is 0.405 e. The highest BCUT2D eigenvalue weighted by atomic mass is 19.4. The molecule has 0 aliphatic heterocycles. The molecular formula is C16H18F9NO3. The number of nitrogens with two attached hydrogens (primary N) is 1. The highest BCUT2D eigenvalue weighted by molar-refractivity contribution is 5.54. The number of rotatable bonds is 8. The standard InChI is InChI=1S/C16H18F9NO3/c1-8(5-9(2)7-26)6-10-11(27-14(17,18)19)3-4-12(28-15(20,21)22)13(10)29-16(23,24)25/h3-4,8-9H,5-7,26H2,1-2H3. The van der Waals surface area contributed by atoms with Crippen LogP contribution >= 0.6 is 0 Å². The third-order valence-electron chi connectivity index (χ3n) is 3.61. The average molecular weight is 443 g/mol. The summed E-state index contributed by atoms with van der Waals surface area (Å²) in [6, 6.07) is 0.693. The van der Waals surface area contributed by atoms with Crippen LogP contribution in [0.25, 0.3) is 0 Å². The largest absolute Gasteiger partial charge is 0.573 e. The maximum Gasteiger partial charge on any atom is 0.573 e. The van der Waals surface area contributed by atoms with Crippen molar-refractivity contribution >= 4 is 0 Å². The molecule has 29 heavy (non-hydrogen) atoms. The van der Waals surface area contributed by atoms with Crippen LogP contribution in [0.15, 0.2) is 12.1 Å². The zero-order chi connectivity index (χ0) is 22.6. The van der Waals surface area contributed by atoms with Gasteiger partial charge >= 0.3 is 19.1 Å². The molecule has 0 saturated carbocycles. The second kappa shape index (κ2) is 9.18. The third kappa shape index (κ3) is 9.33. The SMILES string of the molecule is CC(CN)CC(C)Cc1c(OC(F)(F)F)ccc(OC(F)(F)F)c1OC(F)(F)F. The summed E-state index contributed by atoms with van der Waals surface area (Å²) in [5.41, 5.74) is 4.58. The van der Waals surface area contributed by atoms with Crippen LogP contribution in [0, 0.1) is 11.8 Å². The summed E-state index contributed by atoms with van der Waals surface area (Å²) < 4.78 is 125. The van der Waals surface area contributed by atoms with Gasteiger partial charge in [-0.1, -0.05) is 13.8 Å². The topological polar surface area (TPSA) is 53.7 Å². The van der Waals surface area contributed by atoms with Crippen LogP contribution in [0.2, 0.25) is 0 Å². The number of hydrogen-bond acceptors (Lipinski definition) is 4. The molecule has 1 aromatic carbocycles. The quantitative estimate of drug-likeness (QED) is 0.536. The second-order valence-electron chi connectivity index (χ2n) is 6.40. The Morgan fingerprint density at radius 3 is 1.66 bits per heavy atom. The Morgan fingerprint density at radius 1 is 0.759 bits per heavy atom. The Balaban J connectivity index is 3.52. The van der Waals surface area contributed by atoms with Gasteiger partial charge in [-0.25, -0.2) is 0 Å². The highest BCUT2D eigenvalue weighted by Gasteiger charge is 2.40. The molecule has 0 spiro atoms. The van der Waals surface area contributed by atoms with Gasteiger partial charge in [-0.15, -0.1) is 39.5 Å². The third-order valence-corrected chi connectivity index (χ3v) is 3.61. The molecular weight excluding hydrogens is 425 g/mol. The summed E-state index contributed by atoms with van der Waals surface area (Å²) >= 11 is 0. The van der Waals surface area contributed by atoms with E-state index in [1.165, 1.54) is 6.92 Å². The van der Waals surface area contributed by atoms with Gasteiger partial charge in [-0.2, -0.15) is 0 Å². The fraction of sp³-hybridized carbons (Fsp3) is 0.625. The molecule has 0 aliphatic carbocycles. The van der Waals surface area contributed by atoms with Crippen LogP contribution in [-0.2, 0) is 6.42 Å². The number of alkyl halides is 9. The molecule has 0 fully saturated rings. The molecule has 0 amide bonds. The van der Waals surface area contributed by atoms with Crippen molar-refractivity contribution in [1.82, 2.24) is 0 Å². The minimum atomic E-state index is -5.50. The molecule has 13 heteroatoms. The molecule has 0 bridgehead atoms. The average Bonchev–Trinajstić information content (AvgIpc) is 2.49. The van der Waals surface area contributed by atoms with E-state index in [0.717, 1.165) is 0 Å². The lowest BCUT2D eigenvalue weighted by molar-refractivity contribution is -0.288. The number of benzene rings is 1. The van der Waals surface area contributed by atoms with Crippen LogP contribution in [0.5, 0.6) is 17.2 Å². The molecule has 4 nitrogen and oxygen atoms in total. The molecule has 0 aromatic heterocycles. The Morgan fingerprint density at radius 2 is 1.21 bits per heavy atom. The molecule has 0 radical (unpaired) electrons. The van der Waals surface area contributed by atoms with Gasteiger partial charge in [0, 0.05) is 5.56 Å². The Hall–Kier alpha value is -2.05. The molecule has 1 aromatic rings. The van der Waals surface area contributed by atoms with Gasteiger partial charge in [-0.05, 0) is 43.4 Å². The van der Waals surface area contributed by atoms with Gasteiger partial charge in [-0.3, -0.25) is 0 Å². The van der Waals surface area contributed by atoms with Gasteiger partial charge < -0.3 is 19.9 Å². The first-order valence-corrected chi connectivity index (χ1v) is 8.14. The van der Waals surface area contributed by atoms with E-state index in [1.54, 1.807) is 6.92 Å². The molecule has 2 atom stereocenters. The van der Waals surface area contributed by atoms with E-state index in [4.69, 9.17) is 5.73 Å². The van der Waals surface area contributed by atoms with Gasteiger partial charge in [0.1, 0.15) is 5.75 Å². The monoisotopic (exact) mass is 443 g/mol. The van der Waals surface area contributed by atoms with Crippen molar-refractivity contribution < 1.29 is 53.7 Å². The van der Waals surface area contributed by atoms with E-state index < -0.39 is 54.2 Å². The predicted octanol–water partition coefficient (Wildman–Crippen LogP) is 5.55. The lowest BCUT2D eigenvalue weighted by Crippen LogP contribution is -2.24. The number of halogens is 9. The minimum absolute atomic E-state index is 0.140. The first-order chi connectivity index (χ1) is 13.0. The van der Waals surface area contributed by atoms with E-state index in [-0.39, 0.29) is 24.9 Å². The molecule has 0 saturated heterocycles. The van der Waals surface area contributed by atoms with Crippen LogP contribution in [0.3, 0.4) is 0 Å². The molecule has 0 heterocycles. The fourth-order valence-electron chi connectivity index (χ4n) is 2.65.